The van der Waals surface area contributed by atoms with Gasteiger partial charge in [0.2, 0.25) is 0 Å². The highest BCUT2D eigenvalue weighted by Gasteiger charge is 2.18. The molecule has 4 nitrogen and oxygen atoms in total. The van der Waals surface area contributed by atoms with Crippen LogP contribution < -0.4 is 0 Å². The molecule has 5 aromatic carbocycles. The van der Waals surface area contributed by atoms with Crippen LogP contribution in [0.4, 0.5) is 0 Å². The Bertz CT molecular complexity index is 2110. The van der Waals surface area contributed by atoms with Gasteiger partial charge in [-0.1, -0.05) is 103 Å². The predicted octanol–water partition coefficient (Wildman–Crippen LogP) is 9.44. The quantitative estimate of drug-likeness (QED) is 0.214. The number of rotatable bonds is 5. The van der Waals surface area contributed by atoms with Gasteiger partial charge in [0.25, 0.3) is 0 Å². The third kappa shape index (κ3) is 4.63. The van der Waals surface area contributed by atoms with Gasteiger partial charge in [-0.15, -0.1) is 0 Å². The zero-order valence-electron chi connectivity index (χ0n) is 23.6. The van der Waals surface area contributed by atoms with E-state index in [4.69, 9.17) is 15.0 Å². The average molecular weight is 553 g/mol. The normalized spacial score (nSPS) is 12.4. The van der Waals surface area contributed by atoms with Crippen molar-refractivity contribution in [3.8, 4) is 51.0 Å². The molecule has 0 unspecified atom stereocenters. The van der Waals surface area contributed by atoms with Crippen LogP contribution in [0.15, 0.2) is 140 Å². The topological polar surface area (TPSA) is 43.6 Å². The molecule has 1 aliphatic rings. The maximum Gasteiger partial charge on any atom is 0.164 e. The number of aryl methyl sites for hydroxylation is 1. The van der Waals surface area contributed by atoms with Crippen molar-refractivity contribution in [1.82, 2.24) is 19.5 Å². The highest BCUT2D eigenvalue weighted by molar-refractivity contribution is 5.90. The molecule has 0 spiro atoms. The largest absolute Gasteiger partial charge is 0.310 e. The summed E-state index contributed by atoms with van der Waals surface area (Å²) in [5.41, 5.74) is 10.2. The Hall–Kier alpha value is -5.61. The second-order valence-electron chi connectivity index (χ2n) is 10.8. The molecule has 7 aromatic rings. The molecule has 0 fully saturated rings. The Morgan fingerprint density at radius 2 is 1.07 bits per heavy atom. The molecule has 0 radical (unpaired) electrons. The molecule has 204 valence electrons. The third-order valence-electron chi connectivity index (χ3n) is 8.14. The SMILES string of the molecule is C1=Cc2c(c3ccccc3n2-c2ccc(-c3nc(-c4ccccc4)nc(-c4cccc(-c5ccccc5)c4)n3)cc2)CC1. The minimum Gasteiger partial charge on any atom is -0.310 e. The second kappa shape index (κ2) is 10.7. The highest BCUT2D eigenvalue weighted by atomic mass is 15.0. The Labute approximate surface area is 250 Å². The van der Waals surface area contributed by atoms with E-state index in [1.54, 1.807) is 0 Å². The van der Waals surface area contributed by atoms with E-state index in [1.807, 2.05) is 36.4 Å². The molecule has 0 aliphatic heterocycles. The molecule has 0 N–H and O–H groups in total. The molecular weight excluding hydrogens is 524 g/mol. The van der Waals surface area contributed by atoms with Crippen molar-refractivity contribution in [3.05, 3.63) is 151 Å². The van der Waals surface area contributed by atoms with Crippen molar-refractivity contribution >= 4 is 17.0 Å². The summed E-state index contributed by atoms with van der Waals surface area (Å²) in [4.78, 5) is 14.9. The van der Waals surface area contributed by atoms with Crippen LogP contribution in [0.2, 0.25) is 0 Å². The van der Waals surface area contributed by atoms with E-state index in [0.717, 1.165) is 46.3 Å². The van der Waals surface area contributed by atoms with Crippen LogP contribution in [0.1, 0.15) is 17.7 Å². The maximum absolute atomic E-state index is 5.01. The van der Waals surface area contributed by atoms with Crippen LogP contribution in [0.5, 0.6) is 0 Å². The van der Waals surface area contributed by atoms with Gasteiger partial charge in [-0.3, -0.25) is 0 Å². The molecule has 2 aromatic heterocycles. The van der Waals surface area contributed by atoms with E-state index in [2.05, 4.69) is 114 Å². The van der Waals surface area contributed by atoms with E-state index in [0.29, 0.717) is 17.5 Å². The van der Waals surface area contributed by atoms with Gasteiger partial charge in [-0.25, -0.2) is 15.0 Å². The first-order valence-corrected chi connectivity index (χ1v) is 14.7. The molecule has 0 atom stereocenters. The summed E-state index contributed by atoms with van der Waals surface area (Å²) in [5.74, 6) is 1.96. The number of fused-ring (bicyclic) bond motifs is 3. The smallest absolute Gasteiger partial charge is 0.164 e. The monoisotopic (exact) mass is 552 g/mol. The second-order valence-corrected chi connectivity index (χ2v) is 10.8. The summed E-state index contributed by atoms with van der Waals surface area (Å²) in [6, 6.07) is 46.2. The van der Waals surface area contributed by atoms with Gasteiger partial charge in [0.05, 0.1) is 5.52 Å². The molecular formula is C39H28N4. The molecule has 0 saturated carbocycles. The number of para-hydroxylation sites is 1. The summed E-state index contributed by atoms with van der Waals surface area (Å²) in [5, 5.41) is 1.33. The molecule has 2 heterocycles. The van der Waals surface area contributed by atoms with Crippen LogP contribution in [0.25, 0.3) is 68.0 Å². The number of aromatic nitrogens is 4. The van der Waals surface area contributed by atoms with Crippen molar-refractivity contribution in [3.63, 3.8) is 0 Å². The third-order valence-corrected chi connectivity index (χ3v) is 8.14. The predicted molar refractivity (Wildman–Crippen MR) is 176 cm³/mol. The minimum atomic E-state index is 0.653. The van der Waals surface area contributed by atoms with E-state index in [1.165, 1.54) is 22.2 Å². The van der Waals surface area contributed by atoms with Gasteiger partial charge in [-0.05, 0) is 72.0 Å². The average Bonchev–Trinajstić information content (AvgIpc) is 3.43. The van der Waals surface area contributed by atoms with E-state index < -0.39 is 0 Å². The van der Waals surface area contributed by atoms with E-state index in [-0.39, 0.29) is 0 Å². The first-order valence-electron chi connectivity index (χ1n) is 14.7. The maximum atomic E-state index is 5.01. The van der Waals surface area contributed by atoms with E-state index in [9.17, 15) is 0 Å². The minimum absolute atomic E-state index is 0.653. The lowest BCUT2D eigenvalue weighted by molar-refractivity contribution is 0.967. The number of allylic oxidation sites excluding steroid dienone is 1. The fourth-order valence-corrected chi connectivity index (χ4v) is 6.04. The van der Waals surface area contributed by atoms with Crippen LogP contribution in [-0.4, -0.2) is 19.5 Å². The fourth-order valence-electron chi connectivity index (χ4n) is 6.04. The van der Waals surface area contributed by atoms with Gasteiger partial charge in [0, 0.05) is 33.5 Å². The summed E-state index contributed by atoms with van der Waals surface area (Å²) in [7, 11) is 0. The summed E-state index contributed by atoms with van der Waals surface area (Å²) < 4.78 is 2.37. The Balaban J connectivity index is 1.24. The molecule has 0 bridgehead atoms. The lowest BCUT2D eigenvalue weighted by Gasteiger charge is -2.13. The highest BCUT2D eigenvalue weighted by Crippen LogP contribution is 2.34. The van der Waals surface area contributed by atoms with Crippen LogP contribution in [0.3, 0.4) is 0 Å². The van der Waals surface area contributed by atoms with Crippen LogP contribution in [-0.2, 0) is 6.42 Å². The Morgan fingerprint density at radius 3 is 1.81 bits per heavy atom. The van der Waals surface area contributed by atoms with Gasteiger partial charge in [0.1, 0.15) is 0 Å². The Morgan fingerprint density at radius 1 is 0.488 bits per heavy atom. The number of hydrogen-bond acceptors (Lipinski definition) is 3. The van der Waals surface area contributed by atoms with Crippen molar-refractivity contribution in [2.45, 2.75) is 12.8 Å². The lowest BCUT2D eigenvalue weighted by Crippen LogP contribution is -2.02. The van der Waals surface area contributed by atoms with Crippen LogP contribution >= 0.6 is 0 Å². The van der Waals surface area contributed by atoms with Gasteiger partial charge in [0.15, 0.2) is 17.5 Å². The first kappa shape index (κ1) is 25.1. The molecule has 1 aliphatic carbocycles. The summed E-state index contributed by atoms with van der Waals surface area (Å²) >= 11 is 0. The van der Waals surface area contributed by atoms with Crippen molar-refractivity contribution in [1.29, 1.82) is 0 Å². The Kier molecular flexibility index (Phi) is 6.23. The summed E-state index contributed by atoms with van der Waals surface area (Å²) in [6.07, 6.45) is 6.69. The lowest BCUT2D eigenvalue weighted by atomic mass is 10.0. The van der Waals surface area contributed by atoms with Gasteiger partial charge < -0.3 is 4.57 Å². The zero-order valence-corrected chi connectivity index (χ0v) is 23.6. The number of hydrogen-bond donors (Lipinski definition) is 0. The van der Waals surface area contributed by atoms with Crippen molar-refractivity contribution in [2.24, 2.45) is 0 Å². The zero-order chi connectivity index (χ0) is 28.6. The molecule has 8 rings (SSSR count). The number of nitrogens with zero attached hydrogens (tertiary/aromatic N) is 4. The van der Waals surface area contributed by atoms with Gasteiger partial charge >= 0.3 is 0 Å². The van der Waals surface area contributed by atoms with E-state index >= 15 is 0 Å². The standard InChI is InChI=1S/C39H28N4/c1-3-12-27(13-4-1)30-16-11-17-31(26-30)39-41-37(28-14-5-2-6-15-28)40-38(42-39)29-22-24-32(25-23-29)43-35-20-9-7-18-33(35)34-19-8-10-21-36(34)43/h1-7,9-18,20-26H,8,19H2. The fraction of sp³-hybridized carbons (Fsp3) is 0.0513. The molecule has 43 heavy (non-hydrogen) atoms. The van der Waals surface area contributed by atoms with Gasteiger partial charge in [-0.2, -0.15) is 0 Å². The van der Waals surface area contributed by atoms with Crippen molar-refractivity contribution in [2.75, 3.05) is 0 Å². The van der Waals surface area contributed by atoms with Crippen molar-refractivity contribution < 1.29 is 0 Å². The molecule has 4 heteroatoms. The number of benzene rings is 5. The summed E-state index contributed by atoms with van der Waals surface area (Å²) in [6.45, 7) is 0. The van der Waals surface area contributed by atoms with Crippen LogP contribution in [0, 0.1) is 0 Å². The molecule has 0 amide bonds. The first-order chi connectivity index (χ1) is 21.3. The molecule has 0 saturated heterocycles.